The molecule has 2 rings (SSSR count). The Morgan fingerprint density at radius 3 is 2.44 bits per heavy atom. The highest BCUT2D eigenvalue weighted by Crippen LogP contribution is 2.38. The zero-order valence-corrected chi connectivity index (χ0v) is 23.0. The minimum Gasteiger partial charge on any atom is -0.417 e. The van der Waals surface area contributed by atoms with Crippen molar-refractivity contribution < 1.29 is 13.6 Å². The predicted octanol–water partition coefficient (Wildman–Crippen LogP) is 5.93. The summed E-state index contributed by atoms with van der Waals surface area (Å²) in [7, 11) is -1.79. The molecule has 0 unspecified atom stereocenters. The maximum atomic E-state index is 15.2. The van der Waals surface area contributed by atoms with Gasteiger partial charge in [-0.2, -0.15) is 5.26 Å². The molecule has 1 aromatic carbocycles. The van der Waals surface area contributed by atoms with E-state index in [0.717, 1.165) is 24.6 Å². The van der Waals surface area contributed by atoms with Gasteiger partial charge in [-0.15, -0.1) is 11.8 Å². The van der Waals surface area contributed by atoms with E-state index in [2.05, 4.69) is 33.9 Å². The minimum absolute atomic E-state index is 0.0974. The second-order valence-corrected chi connectivity index (χ2v) is 16.0. The molecule has 0 saturated carbocycles. The first-order valence-corrected chi connectivity index (χ1v) is 15.3. The van der Waals surface area contributed by atoms with E-state index in [1.807, 2.05) is 24.8 Å². The van der Waals surface area contributed by atoms with E-state index < -0.39 is 19.7 Å². The number of unbranched alkanes of at least 4 members (excludes halogenated alkanes) is 1. The Kier molecular flexibility index (Phi) is 8.20. The van der Waals surface area contributed by atoms with Crippen LogP contribution in [0.15, 0.2) is 17.0 Å². The van der Waals surface area contributed by atoms with Gasteiger partial charge in [0.2, 0.25) is 0 Å². The summed E-state index contributed by atoms with van der Waals surface area (Å²) < 4.78 is 21.4. The number of rotatable bonds is 8. The fourth-order valence-corrected chi connectivity index (χ4v) is 5.55. The first-order chi connectivity index (χ1) is 14.7. The largest absolute Gasteiger partial charge is 0.417 e. The molecule has 0 N–H and O–H groups in total. The molecule has 0 radical (unpaired) electrons. The van der Waals surface area contributed by atoms with Crippen LogP contribution in [0.1, 0.15) is 53.0 Å². The topological polar surface area (TPSA) is 56.6 Å². The molecular formula is C23H34FN3O2S2Si. The number of nitriles is 1. The van der Waals surface area contributed by atoms with Gasteiger partial charge in [-0.25, -0.2) is 4.39 Å². The maximum Gasteiger partial charge on any atom is 0.258 e. The molecule has 0 bridgehead atoms. The molecule has 176 valence electrons. The fourth-order valence-electron chi connectivity index (χ4n) is 3.35. The molecule has 32 heavy (non-hydrogen) atoms. The number of halogens is 1. The van der Waals surface area contributed by atoms with Crippen LogP contribution in [-0.2, 0) is 9.22 Å². The number of amides is 1. The third kappa shape index (κ3) is 5.03. The number of thiocarbonyl (C=S) groups is 1. The molecule has 1 saturated heterocycles. The van der Waals surface area contributed by atoms with Crippen LogP contribution in [-0.4, -0.2) is 49.2 Å². The second kappa shape index (κ2) is 9.80. The van der Waals surface area contributed by atoms with Crippen LogP contribution in [0.3, 0.4) is 0 Å². The van der Waals surface area contributed by atoms with Gasteiger partial charge in [0.1, 0.15) is 11.6 Å². The summed E-state index contributed by atoms with van der Waals surface area (Å²) in [5, 5.41) is 9.70. The summed E-state index contributed by atoms with van der Waals surface area (Å²) in [4.78, 5) is 16.6. The lowest BCUT2D eigenvalue weighted by molar-refractivity contribution is -0.123. The zero-order valence-electron chi connectivity index (χ0n) is 20.3. The molecule has 0 atom stereocenters. The van der Waals surface area contributed by atoms with Crippen LogP contribution in [0.2, 0.25) is 18.1 Å². The van der Waals surface area contributed by atoms with Gasteiger partial charge >= 0.3 is 0 Å². The monoisotopic (exact) mass is 495 g/mol. The van der Waals surface area contributed by atoms with Crippen LogP contribution in [0, 0.1) is 17.1 Å². The van der Waals surface area contributed by atoms with E-state index in [1.165, 1.54) is 17.0 Å². The van der Waals surface area contributed by atoms with E-state index in [0.29, 0.717) is 18.3 Å². The molecular weight excluding hydrogens is 461 g/mol. The van der Waals surface area contributed by atoms with Gasteiger partial charge in [0, 0.05) is 13.2 Å². The number of anilines is 1. The van der Waals surface area contributed by atoms with Crippen molar-refractivity contribution in [3.63, 3.8) is 0 Å². The standard InChI is InChI=1S/C23H34FN3O2S2Si/c1-22(2,3)32(7,8)29-14-10-9-13-26-21(30)27(20(28)23(26,4)5)17-12-11-16(15-25)19(31-6)18(17)24/h11-12H,9-10,13-14H2,1-8H3. The average molecular weight is 496 g/mol. The highest BCUT2D eigenvalue weighted by molar-refractivity contribution is 7.98. The van der Waals surface area contributed by atoms with Gasteiger partial charge in [0.05, 0.1) is 16.1 Å². The van der Waals surface area contributed by atoms with Gasteiger partial charge in [-0.1, -0.05) is 20.8 Å². The summed E-state index contributed by atoms with van der Waals surface area (Å²) >= 11 is 6.77. The van der Waals surface area contributed by atoms with Crippen molar-refractivity contribution in [3.05, 3.63) is 23.5 Å². The lowest BCUT2D eigenvalue weighted by atomic mass is 10.0. The Labute approximate surface area is 202 Å². The molecule has 1 heterocycles. The van der Waals surface area contributed by atoms with Gasteiger partial charge in [0.15, 0.2) is 19.2 Å². The van der Waals surface area contributed by atoms with E-state index >= 15 is 4.39 Å². The van der Waals surface area contributed by atoms with Crippen molar-refractivity contribution in [2.45, 2.75) is 76.0 Å². The summed E-state index contributed by atoms with van der Waals surface area (Å²) in [6, 6.07) is 4.99. The van der Waals surface area contributed by atoms with E-state index in [-0.39, 0.29) is 27.1 Å². The van der Waals surface area contributed by atoms with Crippen LogP contribution in [0.4, 0.5) is 10.1 Å². The van der Waals surface area contributed by atoms with E-state index in [1.54, 1.807) is 6.26 Å². The number of benzene rings is 1. The number of nitrogens with zero attached hydrogens (tertiary/aromatic N) is 3. The number of hydrogen-bond acceptors (Lipinski definition) is 5. The molecule has 0 spiro atoms. The third-order valence-corrected chi connectivity index (χ3v) is 12.3. The summed E-state index contributed by atoms with van der Waals surface area (Å²) in [5.74, 6) is -0.858. The highest BCUT2D eigenvalue weighted by Gasteiger charge is 2.50. The van der Waals surface area contributed by atoms with Crippen LogP contribution >= 0.6 is 24.0 Å². The summed E-state index contributed by atoms with van der Waals surface area (Å²) in [6.07, 6.45) is 3.37. The van der Waals surface area contributed by atoms with E-state index in [4.69, 9.17) is 16.6 Å². The predicted molar refractivity (Wildman–Crippen MR) is 136 cm³/mol. The Balaban J connectivity index is 2.14. The van der Waals surface area contributed by atoms with Gasteiger partial charge in [-0.3, -0.25) is 9.69 Å². The molecule has 1 fully saturated rings. The smallest absolute Gasteiger partial charge is 0.258 e. The second-order valence-electron chi connectivity index (χ2n) is 10.0. The molecule has 1 aliphatic rings. The maximum absolute atomic E-state index is 15.2. The lowest BCUT2D eigenvalue weighted by Crippen LogP contribution is -2.44. The normalized spacial score (nSPS) is 16.6. The summed E-state index contributed by atoms with van der Waals surface area (Å²) in [6.45, 7) is 16.0. The first-order valence-electron chi connectivity index (χ1n) is 10.8. The van der Waals surface area contributed by atoms with Crippen molar-refractivity contribution in [2.24, 2.45) is 0 Å². The Bertz CT molecular complexity index is 938. The molecule has 5 nitrogen and oxygen atoms in total. The number of hydrogen-bond donors (Lipinski definition) is 0. The quantitative estimate of drug-likeness (QED) is 0.193. The van der Waals surface area contributed by atoms with Crippen molar-refractivity contribution in [3.8, 4) is 6.07 Å². The Morgan fingerprint density at radius 2 is 1.91 bits per heavy atom. The van der Waals surface area contributed by atoms with Crippen molar-refractivity contribution in [1.29, 1.82) is 5.26 Å². The number of carbonyl (C=O) groups is 1. The molecule has 1 amide bonds. The van der Waals surface area contributed by atoms with Crippen LogP contribution in [0.25, 0.3) is 0 Å². The van der Waals surface area contributed by atoms with E-state index in [9.17, 15) is 10.1 Å². The first kappa shape index (κ1) is 26.8. The molecule has 0 aliphatic carbocycles. The Morgan fingerprint density at radius 1 is 1.28 bits per heavy atom. The SMILES string of the molecule is CSc1c(C#N)ccc(N2C(=O)C(C)(C)N(CCCCO[Si](C)(C)C(C)(C)C)C2=S)c1F. The number of carbonyl (C=O) groups excluding carboxylic acids is 1. The van der Waals surface area contributed by atoms with Crippen LogP contribution < -0.4 is 4.90 Å². The van der Waals surface area contributed by atoms with Gasteiger partial charge in [-0.05, 0) is 75.4 Å². The van der Waals surface area contributed by atoms with Gasteiger partial charge < -0.3 is 9.33 Å². The van der Waals surface area contributed by atoms with Gasteiger partial charge in [0.25, 0.3) is 5.91 Å². The highest BCUT2D eigenvalue weighted by atomic mass is 32.2. The average Bonchev–Trinajstić information content (AvgIpc) is 2.85. The molecule has 1 aromatic rings. The van der Waals surface area contributed by atoms with Crippen molar-refractivity contribution in [2.75, 3.05) is 24.3 Å². The number of thioether (sulfide) groups is 1. The van der Waals surface area contributed by atoms with Crippen molar-refractivity contribution in [1.82, 2.24) is 4.90 Å². The minimum atomic E-state index is -1.79. The fraction of sp³-hybridized carbons (Fsp3) is 0.609. The summed E-state index contributed by atoms with van der Waals surface area (Å²) in [5.41, 5.74) is -0.536. The Hall–Kier alpha value is -1.47. The van der Waals surface area contributed by atoms with Crippen molar-refractivity contribution >= 4 is 49.0 Å². The molecule has 9 heteroatoms. The third-order valence-electron chi connectivity index (χ3n) is 6.51. The zero-order chi connectivity index (χ0) is 24.5. The molecule has 0 aromatic heterocycles. The lowest BCUT2D eigenvalue weighted by Gasteiger charge is -2.36. The molecule has 1 aliphatic heterocycles. The van der Waals surface area contributed by atoms with Crippen LogP contribution in [0.5, 0.6) is 0 Å².